The number of aliphatic hydroxyl groups is 4. The van der Waals surface area contributed by atoms with Crippen LogP contribution in [-0.4, -0.2) is 44.0 Å². The Hall–Kier alpha value is -1.21. The molecule has 1 aromatic heterocycles. The van der Waals surface area contributed by atoms with Crippen molar-refractivity contribution < 1.29 is 29.6 Å². The van der Waals surface area contributed by atoms with Crippen molar-refractivity contribution in [3.05, 3.63) is 23.7 Å². The Labute approximate surface area is 152 Å². The van der Waals surface area contributed by atoms with Crippen molar-refractivity contribution in [2.24, 2.45) is 22.7 Å². The average Bonchev–Trinajstić information content (AvgIpc) is 3.03. The van der Waals surface area contributed by atoms with Gasteiger partial charge >= 0.3 is 0 Å². The summed E-state index contributed by atoms with van der Waals surface area (Å²) in [5.41, 5.74) is -4.77. The Kier molecular flexibility index (Phi) is 3.48. The molecule has 0 radical (unpaired) electrons. The summed E-state index contributed by atoms with van der Waals surface area (Å²) in [5.74, 6) is -0.900. The molecule has 0 aromatic carbocycles. The third-order valence-electron chi connectivity index (χ3n) is 8.02. The van der Waals surface area contributed by atoms with Crippen LogP contribution in [0, 0.1) is 22.7 Å². The number of aliphatic hydroxyl groups excluding tert-OH is 2. The van der Waals surface area contributed by atoms with E-state index in [1.165, 1.54) is 6.26 Å². The summed E-state index contributed by atoms with van der Waals surface area (Å²) >= 11 is 0. The number of hydrogen-bond acceptors (Lipinski definition) is 6. The minimum Gasteiger partial charge on any atom is -0.469 e. The van der Waals surface area contributed by atoms with E-state index < -0.39 is 46.1 Å². The minimum absolute atomic E-state index is 0.133. The molecule has 26 heavy (non-hydrogen) atoms. The van der Waals surface area contributed by atoms with E-state index in [9.17, 15) is 25.2 Å². The molecule has 3 aliphatic rings. The SMILES string of the molecule is CC1(C)CCC(=O)[C@]2(C)[C@H]3Cc4occc4[C@@](C)(O)[C@H]3[C@@H](O)[C@@H](O)[C@@]12O. The van der Waals surface area contributed by atoms with Crippen LogP contribution in [0.4, 0.5) is 0 Å². The molecular formula is C20H28O6. The lowest BCUT2D eigenvalue weighted by molar-refractivity contribution is -0.313. The molecule has 6 nitrogen and oxygen atoms in total. The van der Waals surface area contributed by atoms with E-state index in [1.54, 1.807) is 19.9 Å². The highest BCUT2D eigenvalue weighted by Crippen LogP contribution is 2.66. The third kappa shape index (κ3) is 1.74. The number of rotatable bonds is 0. The Bertz CT molecular complexity index is 764. The molecule has 0 unspecified atom stereocenters. The molecule has 4 rings (SSSR count). The predicted molar refractivity (Wildman–Crippen MR) is 92.1 cm³/mol. The Morgan fingerprint density at radius 2 is 1.81 bits per heavy atom. The van der Waals surface area contributed by atoms with Gasteiger partial charge in [0.2, 0.25) is 0 Å². The maximum atomic E-state index is 13.1. The summed E-state index contributed by atoms with van der Waals surface area (Å²) in [6, 6.07) is 1.67. The fraction of sp³-hybridized carbons (Fsp3) is 0.750. The van der Waals surface area contributed by atoms with Gasteiger partial charge in [-0.3, -0.25) is 4.79 Å². The van der Waals surface area contributed by atoms with E-state index in [-0.39, 0.29) is 5.78 Å². The second-order valence-electron chi connectivity index (χ2n) is 9.45. The van der Waals surface area contributed by atoms with Crippen molar-refractivity contribution in [2.45, 2.75) is 70.4 Å². The molecule has 0 amide bonds. The van der Waals surface area contributed by atoms with Crippen LogP contribution in [-0.2, 0) is 16.8 Å². The zero-order valence-electron chi connectivity index (χ0n) is 15.7. The monoisotopic (exact) mass is 364 g/mol. The lowest BCUT2D eigenvalue weighted by Gasteiger charge is -2.67. The number of fused-ring (bicyclic) bond motifs is 4. The van der Waals surface area contributed by atoms with Crippen LogP contribution in [0.5, 0.6) is 0 Å². The second kappa shape index (κ2) is 4.98. The number of furan rings is 1. The van der Waals surface area contributed by atoms with Crippen molar-refractivity contribution in [3.63, 3.8) is 0 Å². The van der Waals surface area contributed by atoms with Crippen LogP contribution in [0.1, 0.15) is 51.9 Å². The summed E-state index contributed by atoms with van der Waals surface area (Å²) in [7, 11) is 0. The van der Waals surface area contributed by atoms with E-state index in [0.717, 1.165) is 0 Å². The molecule has 7 atom stereocenters. The molecule has 0 spiro atoms. The Balaban J connectivity index is 1.98. The van der Waals surface area contributed by atoms with Crippen LogP contribution in [0.2, 0.25) is 0 Å². The highest BCUT2D eigenvalue weighted by atomic mass is 16.4. The van der Waals surface area contributed by atoms with Gasteiger partial charge < -0.3 is 24.8 Å². The van der Waals surface area contributed by atoms with E-state index in [1.807, 2.05) is 13.8 Å². The van der Waals surface area contributed by atoms with Crippen LogP contribution in [0.15, 0.2) is 16.7 Å². The summed E-state index contributed by atoms with van der Waals surface area (Å²) in [5, 5.41) is 45.1. The summed E-state index contributed by atoms with van der Waals surface area (Å²) in [6.45, 7) is 6.92. The lowest BCUT2D eigenvalue weighted by Crippen LogP contribution is -2.79. The molecule has 1 aromatic rings. The topological polar surface area (TPSA) is 111 Å². The van der Waals surface area contributed by atoms with Gasteiger partial charge in [0.15, 0.2) is 0 Å². The van der Waals surface area contributed by atoms with Crippen LogP contribution in [0.3, 0.4) is 0 Å². The Morgan fingerprint density at radius 3 is 2.46 bits per heavy atom. The van der Waals surface area contributed by atoms with Gasteiger partial charge in [-0.15, -0.1) is 0 Å². The van der Waals surface area contributed by atoms with Crippen molar-refractivity contribution in [1.29, 1.82) is 0 Å². The van der Waals surface area contributed by atoms with Crippen molar-refractivity contribution in [1.82, 2.24) is 0 Å². The Morgan fingerprint density at radius 1 is 1.15 bits per heavy atom. The number of Topliss-reactive ketones (excluding diaryl/α,β-unsaturated/α-hetero) is 1. The molecule has 0 saturated heterocycles. The first-order valence-corrected chi connectivity index (χ1v) is 9.31. The number of carbonyl (C=O) groups is 1. The molecule has 0 bridgehead atoms. The molecule has 0 aliphatic heterocycles. The zero-order valence-corrected chi connectivity index (χ0v) is 15.7. The first-order chi connectivity index (χ1) is 11.9. The molecular weight excluding hydrogens is 336 g/mol. The highest BCUT2D eigenvalue weighted by molar-refractivity contribution is 5.88. The third-order valence-corrected chi connectivity index (χ3v) is 8.02. The second-order valence-corrected chi connectivity index (χ2v) is 9.45. The van der Waals surface area contributed by atoms with Gasteiger partial charge in [0, 0.05) is 24.3 Å². The highest BCUT2D eigenvalue weighted by Gasteiger charge is 2.76. The molecule has 144 valence electrons. The van der Waals surface area contributed by atoms with Crippen LogP contribution in [0.25, 0.3) is 0 Å². The standard InChI is InChI=1S/C20H28O6/c1-17(2)7-5-13(21)18(3)11-9-12-10(6-8-26-12)19(4,24)14(11)15(22)16(23)20(17,18)25/h6,8,11,14-16,22-25H,5,7,9H2,1-4H3/t11-,14+,15+,16+,18-,19+,20+/m0/s1. The van der Waals surface area contributed by atoms with Crippen LogP contribution >= 0.6 is 0 Å². The smallest absolute Gasteiger partial charge is 0.142 e. The van der Waals surface area contributed by atoms with Crippen molar-refractivity contribution in [3.8, 4) is 0 Å². The van der Waals surface area contributed by atoms with Crippen molar-refractivity contribution in [2.75, 3.05) is 0 Å². The molecule has 4 N–H and O–H groups in total. The van der Waals surface area contributed by atoms with E-state index in [4.69, 9.17) is 4.42 Å². The lowest BCUT2D eigenvalue weighted by atomic mass is 9.39. The first-order valence-electron chi connectivity index (χ1n) is 9.31. The largest absolute Gasteiger partial charge is 0.469 e. The maximum absolute atomic E-state index is 13.1. The normalized spacial score (nSPS) is 49.9. The van der Waals surface area contributed by atoms with E-state index in [0.29, 0.717) is 30.6 Å². The van der Waals surface area contributed by atoms with E-state index in [2.05, 4.69) is 0 Å². The number of hydrogen-bond donors (Lipinski definition) is 4. The zero-order chi connectivity index (χ0) is 19.3. The average molecular weight is 364 g/mol. The molecule has 3 aliphatic carbocycles. The van der Waals surface area contributed by atoms with Crippen molar-refractivity contribution >= 4 is 5.78 Å². The van der Waals surface area contributed by atoms with E-state index >= 15 is 0 Å². The first kappa shape index (κ1) is 18.2. The van der Waals surface area contributed by atoms with Crippen LogP contribution < -0.4 is 0 Å². The van der Waals surface area contributed by atoms with Gasteiger partial charge in [0.05, 0.1) is 23.4 Å². The fourth-order valence-corrected chi connectivity index (χ4v) is 6.41. The predicted octanol–water partition coefficient (Wildman–Crippen LogP) is 1.14. The maximum Gasteiger partial charge on any atom is 0.142 e. The van der Waals surface area contributed by atoms with Gasteiger partial charge in [-0.05, 0) is 37.7 Å². The molecule has 2 saturated carbocycles. The summed E-state index contributed by atoms with van der Waals surface area (Å²) in [6.07, 6.45) is -0.352. The molecule has 2 fully saturated rings. The minimum atomic E-state index is -1.80. The van der Waals surface area contributed by atoms with Gasteiger partial charge in [0.1, 0.15) is 23.2 Å². The fourth-order valence-electron chi connectivity index (χ4n) is 6.41. The van der Waals surface area contributed by atoms with Gasteiger partial charge in [-0.2, -0.15) is 0 Å². The van der Waals surface area contributed by atoms with Gasteiger partial charge in [-0.25, -0.2) is 0 Å². The number of carbonyl (C=O) groups excluding carboxylic acids is 1. The van der Waals surface area contributed by atoms with Gasteiger partial charge in [-0.1, -0.05) is 13.8 Å². The quantitative estimate of drug-likeness (QED) is 0.549. The van der Waals surface area contributed by atoms with Gasteiger partial charge in [0.25, 0.3) is 0 Å². The number of ketones is 1. The summed E-state index contributed by atoms with van der Waals surface area (Å²) < 4.78 is 5.55. The molecule has 1 heterocycles. The molecule has 6 heteroatoms. The summed E-state index contributed by atoms with van der Waals surface area (Å²) in [4.78, 5) is 13.1.